The number of aliphatic hydroxyl groups excluding tert-OH is 1. The van der Waals surface area contributed by atoms with Gasteiger partial charge in [-0.05, 0) is 0 Å². The zero-order valence-corrected chi connectivity index (χ0v) is 8.69. The highest BCUT2D eigenvalue weighted by atomic mass is 19.2. The molecule has 0 saturated carbocycles. The fraction of sp³-hybridized carbons (Fsp3) is 0.333. The van der Waals surface area contributed by atoms with Crippen molar-refractivity contribution in [1.29, 1.82) is 0 Å². The Morgan fingerprint density at radius 2 is 2.00 bits per heavy atom. The van der Waals surface area contributed by atoms with Crippen LogP contribution in [0.15, 0.2) is 27.4 Å². The first kappa shape index (κ1) is 12.6. The van der Waals surface area contributed by atoms with Crippen molar-refractivity contribution in [3.05, 3.63) is 44.5 Å². The van der Waals surface area contributed by atoms with Gasteiger partial charge in [0.1, 0.15) is 6.10 Å². The van der Waals surface area contributed by atoms with Crippen molar-refractivity contribution >= 4 is 0 Å². The number of aromatic amines is 1. The molecular weight excluding hydrogens is 257 g/mol. The molecule has 2 atom stereocenters. The zero-order valence-electron chi connectivity index (χ0n) is 8.69. The molecule has 1 aromatic heterocycles. The molecule has 18 heavy (non-hydrogen) atoms. The van der Waals surface area contributed by atoms with Crippen LogP contribution in [0.4, 0.5) is 13.2 Å². The van der Waals surface area contributed by atoms with Crippen molar-refractivity contribution < 1.29 is 23.0 Å². The van der Waals surface area contributed by atoms with Crippen LogP contribution in [0, 0.1) is 5.82 Å². The van der Waals surface area contributed by atoms with Gasteiger partial charge in [0.15, 0.2) is 17.9 Å². The van der Waals surface area contributed by atoms with Crippen LogP contribution >= 0.6 is 0 Å². The van der Waals surface area contributed by atoms with E-state index in [1.54, 1.807) is 4.98 Å². The minimum atomic E-state index is -1.85. The number of nitrogens with one attached hydrogen (secondary N) is 1. The molecule has 0 saturated heterocycles. The van der Waals surface area contributed by atoms with E-state index in [1.807, 2.05) is 0 Å². The number of aliphatic hydroxyl groups is 1. The van der Waals surface area contributed by atoms with Crippen LogP contribution in [0.5, 0.6) is 0 Å². The van der Waals surface area contributed by atoms with Crippen LogP contribution in [0.3, 0.4) is 0 Å². The van der Waals surface area contributed by atoms with Crippen molar-refractivity contribution in [3.63, 3.8) is 0 Å². The smallest absolute Gasteiger partial charge is 0.330 e. The maximum Gasteiger partial charge on any atom is 0.330 e. The van der Waals surface area contributed by atoms with Crippen LogP contribution in [0.1, 0.15) is 6.23 Å². The minimum Gasteiger partial charge on any atom is -0.393 e. The first-order valence-corrected chi connectivity index (χ1v) is 4.78. The number of rotatable bonds is 2. The average Bonchev–Trinajstić information content (AvgIpc) is 2.61. The van der Waals surface area contributed by atoms with E-state index >= 15 is 0 Å². The standard InChI is InChI=1S/C9H7F3N2O4/c10-3-1-14(9(17)13-7(3)16)8-6(12)5(11)4(2-15)18-8/h1,4,8,15H,2H2,(H,13,16,17)/t4-,8-/m0/s1. The Morgan fingerprint density at radius 1 is 1.33 bits per heavy atom. The van der Waals surface area contributed by atoms with Crippen molar-refractivity contribution in [3.8, 4) is 0 Å². The van der Waals surface area contributed by atoms with Crippen LogP contribution in [-0.2, 0) is 4.74 Å². The van der Waals surface area contributed by atoms with Crippen LogP contribution in [-0.4, -0.2) is 27.4 Å². The van der Waals surface area contributed by atoms with E-state index < -0.39 is 47.7 Å². The lowest BCUT2D eigenvalue weighted by atomic mass is 10.3. The number of hydrogen-bond donors (Lipinski definition) is 2. The molecule has 0 spiro atoms. The third-order valence-electron chi connectivity index (χ3n) is 2.36. The third kappa shape index (κ3) is 1.87. The van der Waals surface area contributed by atoms with Gasteiger partial charge >= 0.3 is 5.69 Å². The zero-order chi connectivity index (χ0) is 13.4. The van der Waals surface area contributed by atoms with Gasteiger partial charge in [0.2, 0.25) is 5.82 Å². The summed E-state index contributed by atoms with van der Waals surface area (Å²) in [5.41, 5.74) is -2.44. The van der Waals surface area contributed by atoms with E-state index in [1.165, 1.54) is 0 Å². The highest BCUT2D eigenvalue weighted by molar-refractivity contribution is 5.15. The predicted molar refractivity (Wildman–Crippen MR) is 51.5 cm³/mol. The molecule has 2 heterocycles. The van der Waals surface area contributed by atoms with Crippen molar-refractivity contribution in [2.75, 3.05) is 6.61 Å². The van der Waals surface area contributed by atoms with Crippen LogP contribution in [0.25, 0.3) is 0 Å². The summed E-state index contributed by atoms with van der Waals surface area (Å²) in [5.74, 6) is -4.18. The minimum absolute atomic E-state index is 0.349. The van der Waals surface area contributed by atoms with Gasteiger partial charge in [0.25, 0.3) is 5.56 Å². The van der Waals surface area contributed by atoms with Gasteiger partial charge in [0, 0.05) is 0 Å². The van der Waals surface area contributed by atoms with Gasteiger partial charge < -0.3 is 9.84 Å². The molecule has 1 aliphatic heterocycles. The summed E-state index contributed by atoms with van der Waals surface area (Å²) in [5, 5.41) is 8.70. The first-order chi connectivity index (χ1) is 8.45. The Kier molecular flexibility index (Phi) is 3.09. The largest absolute Gasteiger partial charge is 0.393 e. The molecule has 0 unspecified atom stereocenters. The molecule has 98 valence electrons. The summed E-state index contributed by atoms with van der Waals surface area (Å²) in [6, 6.07) is 0. The molecule has 6 nitrogen and oxygen atoms in total. The second-order valence-electron chi connectivity index (χ2n) is 3.50. The Balaban J connectivity index is 2.50. The SMILES string of the molecule is O=c1[nH]c(=O)n([C@H]2O[C@@H](CO)C(F)=C2F)cc1F. The van der Waals surface area contributed by atoms with E-state index in [-0.39, 0.29) is 0 Å². The summed E-state index contributed by atoms with van der Waals surface area (Å²) in [6.45, 7) is -0.837. The second kappa shape index (κ2) is 4.42. The van der Waals surface area contributed by atoms with E-state index in [0.717, 1.165) is 0 Å². The highest BCUT2D eigenvalue weighted by Crippen LogP contribution is 2.34. The quantitative estimate of drug-likeness (QED) is 0.769. The van der Waals surface area contributed by atoms with Crippen LogP contribution < -0.4 is 11.2 Å². The number of aromatic nitrogens is 2. The molecule has 2 N–H and O–H groups in total. The average molecular weight is 264 g/mol. The molecular formula is C9H7F3N2O4. The molecule has 0 fully saturated rings. The molecule has 0 amide bonds. The normalized spacial score (nSPS) is 23.8. The first-order valence-electron chi connectivity index (χ1n) is 4.78. The number of ether oxygens (including phenoxy) is 1. The summed E-state index contributed by atoms with van der Waals surface area (Å²) in [7, 11) is 0. The molecule has 1 aromatic rings. The van der Waals surface area contributed by atoms with Gasteiger partial charge in [-0.15, -0.1) is 0 Å². The monoisotopic (exact) mass is 264 g/mol. The van der Waals surface area contributed by atoms with E-state index in [9.17, 15) is 22.8 Å². The van der Waals surface area contributed by atoms with Gasteiger partial charge in [-0.2, -0.15) is 4.39 Å². The molecule has 0 radical (unpaired) electrons. The van der Waals surface area contributed by atoms with E-state index in [4.69, 9.17) is 9.84 Å². The fourth-order valence-corrected chi connectivity index (χ4v) is 1.49. The molecule has 9 heteroatoms. The fourth-order valence-electron chi connectivity index (χ4n) is 1.49. The summed E-state index contributed by atoms with van der Waals surface area (Å²) in [6.07, 6.45) is -3.00. The maximum atomic E-state index is 13.4. The van der Waals surface area contributed by atoms with Crippen molar-refractivity contribution in [2.24, 2.45) is 0 Å². The van der Waals surface area contributed by atoms with E-state index in [2.05, 4.69) is 0 Å². The van der Waals surface area contributed by atoms with Crippen molar-refractivity contribution in [1.82, 2.24) is 9.55 Å². The Bertz CT molecular complexity index is 621. The number of nitrogens with zero attached hydrogens (tertiary/aromatic N) is 1. The molecule has 2 rings (SSSR count). The number of H-pyrrole nitrogens is 1. The second-order valence-corrected chi connectivity index (χ2v) is 3.50. The van der Waals surface area contributed by atoms with Gasteiger partial charge in [-0.3, -0.25) is 14.3 Å². The molecule has 1 aliphatic rings. The highest BCUT2D eigenvalue weighted by Gasteiger charge is 2.37. The third-order valence-corrected chi connectivity index (χ3v) is 2.36. The van der Waals surface area contributed by atoms with Gasteiger partial charge in [0.05, 0.1) is 12.8 Å². The lowest BCUT2D eigenvalue weighted by molar-refractivity contribution is -0.0291. The summed E-state index contributed by atoms with van der Waals surface area (Å²) in [4.78, 5) is 23.7. The summed E-state index contributed by atoms with van der Waals surface area (Å²) < 4.78 is 44.6. The lowest BCUT2D eigenvalue weighted by Gasteiger charge is -2.14. The van der Waals surface area contributed by atoms with E-state index in [0.29, 0.717) is 10.8 Å². The van der Waals surface area contributed by atoms with Gasteiger partial charge in [-0.25, -0.2) is 13.6 Å². The summed E-state index contributed by atoms with van der Waals surface area (Å²) >= 11 is 0. The Labute approximate surface area is 96.9 Å². The molecule has 0 aromatic carbocycles. The van der Waals surface area contributed by atoms with Crippen LogP contribution in [0.2, 0.25) is 0 Å². The molecule has 0 bridgehead atoms. The van der Waals surface area contributed by atoms with Crippen molar-refractivity contribution in [2.45, 2.75) is 12.3 Å². The molecule has 0 aliphatic carbocycles. The Morgan fingerprint density at radius 3 is 2.56 bits per heavy atom. The lowest BCUT2D eigenvalue weighted by Crippen LogP contribution is -2.34. The number of hydrogen-bond acceptors (Lipinski definition) is 4. The van der Waals surface area contributed by atoms with Gasteiger partial charge in [-0.1, -0.05) is 0 Å². The topological polar surface area (TPSA) is 84.3 Å². The number of halogens is 3. The maximum absolute atomic E-state index is 13.4. The predicted octanol–water partition coefficient (Wildman–Crippen LogP) is -0.284. The Hall–Kier alpha value is -1.87.